The van der Waals surface area contributed by atoms with Crippen LogP contribution in [-0.2, 0) is 4.74 Å². The van der Waals surface area contributed by atoms with Crippen molar-refractivity contribution in [1.82, 2.24) is 4.68 Å². The van der Waals surface area contributed by atoms with Crippen molar-refractivity contribution < 1.29 is 11.0 Å². The summed E-state index contributed by atoms with van der Waals surface area (Å²) in [6, 6.07) is 3.78. The van der Waals surface area contributed by atoms with Crippen molar-refractivity contribution in [2.45, 2.75) is 19.9 Å². The number of ether oxygens (including phenoxy) is 1. The topological polar surface area (TPSA) is 43.3 Å². The monoisotopic (exact) mass is 305 g/mol. The largest absolute Gasteiger partial charge is 1.00 e. The number of nitrogens with zero attached hydrogens (tertiary/aromatic N) is 1. The number of hydrogen-bond donors (Lipinski definition) is 1. The summed E-state index contributed by atoms with van der Waals surface area (Å²) in [4.78, 5) is 12.3. The molecule has 0 saturated carbocycles. The number of carbonyl (C=O) groups is 1. The Hall–Kier alpha value is -2.20. The first kappa shape index (κ1) is 15.2. The number of halogens is 1. The highest BCUT2D eigenvalue weighted by atomic mass is 35.5. The van der Waals surface area contributed by atoms with Gasteiger partial charge in [-0.1, -0.05) is 24.3 Å². The van der Waals surface area contributed by atoms with Gasteiger partial charge in [0, 0.05) is 17.8 Å². The Morgan fingerprint density at radius 2 is 2.14 bits per heavy atom. The average molecular weight is 306 g/mol. The summed E-state index contributed by atoms with van der Waals surface area (Å²) in [5.74, 6) is 0.240. The Kier molecular flexibility index (Phi) is 4.38. The molecular weight excluding hydrogens is 288 g/mol. The molecule has 0 aliphatic heterocycles. The number of allylic oxidation sites excluding steroid dienone is 6. The third-order valence-electron chi connectivity index (χ3n) is 3.09. The van der Waals surface area contributed by atoms with Crippen LogP contribution in [-0.4, -0.2) is 16.7 Å². The van der Waals surface area contributed by atoms with Crippen LogP contribution in [0.4, 0.5) is 0 Å². The quantitative estimate of drug-likeness (QED) is 0.866. The van der Waals surface area contributed by atoms with Gasteiger partial charge in [-0.3, -0.25) is 4.68 Å². The minimum atomic E-state index is -0.364. The van der Waals surface area contributed by atoms with Gasteiger partial charge in [0.15, 0.2) is 0 Å². The van der Waals surface area contributed by atoms with Gasteiger partial charge in [0.05, 0.1) is 0 Å². The van der Waals surface area contributed by atoms with E-state index in [4.69, 9.17) is 4.74 Å². The summed E-state index contributed by atoms with van der Waals surface area (Å²) in [6.45, 7) is 4.03. The zero-order chi connectivity index (χ0) is 14.1. The molecule has 1 aromatic rings. The van der Waals surface area contributed by atoms with Gasteiger partial charge in [-0.15, -0.1) is 12.4 Å². The number of fused-ring (bicyclic) bond motifs is 1. The van der Waals surface area contributed by atoms with Crippen LogP contribution in [0.25, 0.3) is 0 Å². The van der Waals surface area contributed by atoms with E-state index >= 15 is 0 Å². The van der Waals surface area contributed by atoms with E-state index in [0.717, 1.165) is 11.1 Å². The van der Waals surface area contributed by atoms with E-state index in [-0.39, 0.29) is 25.8 Å². The molecule has 1 heterocycles. The second kappa shape index (κ2) is 6.06. The molecule has 0 aromatic carbocycles. The lowest BCUT2D eigenvalue weighted by molar-refractivity contribution is 0.0624. The maximum Gasteiger partial charge on any atom is 1.00 e. The van der Waals surface area contributed by atoms with Gasteiger partial charge < -0.3 is 10.2 Å². The predicted molar refractivity (Wildman–Crippen MR) is 86.1 cm³/mol. The first-order chi connectivity index (χ1) is 9.65. The fourth-order valence-corrected chi connectivity index (χ4v) is 2.24. The Bertz CT molecular complexity index is 684. The fraction of sp³-hybridized carbons (Fsp3) is 0.188. The molecule has 110 valence electrons. The fourth-order valence-electron chi connectivity index (χ4n) is 2.24. The molecule has 4 nitrogen and oxygen atoms in total. The second-order valence-corrected chi connectivity index (χ2v) is 5.03. The van der Waals surface area contributed by atoms with Crippen molar-refractivity contribution in [3.05, 3.63) is 71.3 Å². The lowest BCUT2D eigenvalue weighted by Crippen LogP contribution is -2.25. The average Bonchev–Trinajstić information content (AvgIpc) is 3.06. The van der Waals surface area contributed by atoms with Crippen LogP contribution in [0.15, 0.2) is 65.6 Å². The van der Waals surface area contributed by atoms with Crippen molar-refractivity contribution in [3.63, 3.8) is 0 Å². The summed E-state index contributed by atoms with van der Waals surface area (Å²) in [5.41, 5.74) is 5.70. The highest BCUT2D eigenvalue weighted by molar-refractivity contribution is 5.89. The highest BCUT2D eigenvalue weighted by Crippen LogP contribution is 2.32. The number of rotatable bonds is 4. The van der Waals surface area contributed by atoms with Gasteiger partial charge in [-0.25, -0.2) is 4.79 Å². The van der Waals surface area contributed by atoms with Gasteiger partial charge in [-0.2, -0.15) is 0 Å². The van der Waals surface area contributed by atoms with E-state index in [9.17, 15) is 4.79 Å². The van der Waals surface area contributed by atoms with Crippen LogP contribution in [0, 0.1) is 0 Å². The highest BCUT2D eigenvalue weighted by Gasteiger charge is 2.22. The molecule has 0 unspecified atom stereocenters. The lowest BCUT2D eigenvalue weighted by atomic mass is 10.2. The standard InChI is InChI=1S/C16H16N2O2.ClH/c1-11(2)17-18-10-4-7-14(18)16(19)20-15-9-8-12-5-3-6-13(12)15;/h3-11,17H,1-2H3;1H/p+1. The van der Waals surface area contributed by atoms with E-state index in [1.807, 2.05) is 50.3 Å². The van der Waals surface area contributed by atoms with Crippen LogP contribution in [0.2, 0.25) is 0 Å². The van der Waals surface area contributed by atoms with Crippen LogP contribution in [0.1, 0.15) is 25.8 Å². The van der Waals surface area contributed by atoms with Crippen molar-refractivity contribution in [1.29, 1.82) is 0 Å². The molecule has 0 amide bonds. The number of esters is 1. The second-order valence-electron chi connectivity index (χ2n) is 5.03. The van der Waals surface area contributed by atoms with E-state index in [1.54, 1.807) is 16.9 Å². The van der Waals surface area contributed by atoms with Crippen molar-refractivity contribution >= 4 is 18.4 Å². The zero-order valence-corrected chi connectivity index (χ0v) is 12.7. The molecule has 2 aliphatic rings. The third kappa shape index (κ3) is 2.95. The van der Waals surface area contributed by atoms with E-state index in [1.165, 1.54) is 0 Å². The predicted octanol–water partition coefficient (Wildman–Crippen LogP) is 3.45. The summed E-state index contributed by atoms with van der Waals surface area (Å²) >= 11 is 0. The Morgan fingerprint density at radius 3 is 2.90 bits per heavy atom. The van der Waals surface area contributed by atoms with Gasteiger partial charge in [0.25, 0.3) is 0 Å². The third-order valence-corrected chi connectivity index (χ3v) is 3.09. The van der Waals surface area contributed by atoms with Gasteiger partial charge in [0.1, 0.15) is 11.5 Å². The maximum absolute atomic E-state index is 12.3. The Morgan fingerprint density at radius 1 is 1.33 bits per heavy atom. The summed E-state index contributed by atoms with van der Waals surface area (Å²) < 4.78 is 7.19. The minimum Gasteiger partial charge on any atom is -0.421 e. The summed E-state index contributed by atoms with van der Waals surface area (Å²) in [6.07, 6.45) is 11.5. The first-order valence-electron chi connectivity index (χ1n) is 6.62. The smallest absolute Gasteiger partial charge is 0.421 e. The normalized spacial score (nSPS) is 15.1. The van der Waals surface area contributed by atoms with Gasteiger partial charge >= 0.3 is 7.40 Å². The summed E-state index contributed by atoms with van der Waals surface area (Å²) in [7, 11) is 0. The minimum absolute atomic E-state index is 0. The molecule has 0 bridgehead atoms. The van der Waals surface area contributed by atoms with Crippen molar-refractivity contribution in [2.75, 3.05) is 5.43 Å². The Balaban J connectivity index is 0.00000121. The lowest BCUT2D eigenvalue weighted by Gasteiger charge is -2.14. The number of nitrogens with one attached hydrogen (secondary N) is 1. The van der Waals surface area contributed by atoms with Crippen LogP contribution < -0.4 is 5.43 Å². The zero-order valence-electron chi connectivity index (χ0n) is 12.9. The van der Waals surface area contributed by atoms with E-state index in [2.05, 4.69) is 5.43 Å². The number of carbonyl (C=O) groups excluding carboxylic acids is 1. The van der Waals surface area contributed by atoms with E-state index < -0.39 is 0 Å². The first-order valence-corrected chi connectivity index (χ1v) is 6.62. The molecule has 1 N–H and O–H groups in total. The molecule has 0 saturated heterocycles. The van der Waals surface area contributed by atoms with Crippen molar-refractivity contribution in [3.8, 4) is 0 Å². The van der Waals surface area contributed by atoms with Gasteiger partial charge in [0.2, 0.25) is 0 Å². The molecule has 0 fully saturated rings. The number of hydrogen-bond acceptors (Lipinski definition) is 3. The van der Waals surface area contributed by atoms with Gasteiger partial charge in [-0.05, 0) is 37.6 Å². The molecule has 21 heavy (non-hydrogen) atoms. The molecule has 0 atom stereocenters. The summed E-state index contributed by atoms with van der Waals surface area (Å²) in [5, 5.41) is 0. The molecule has 1 aromatic heterocycles. The molecule has 0 spiro atoms. The Labute approximate surface area is 131 Å². The maximum atomic E-state index is 12.3. The van der Waals surface area contributed by atoms with E-state index in [0.29, 0.717) is 11.5 Å². The van der Waals surface area contributed by atoms with Crippen LogP contribution >= 0.6 is 12.4 Å². The SMILES string of the molecule is CC(C)Nn1cccc1C(=O)OC1=CC=C2C=CC=C21.Cl.[H+]. The number of aromatic nitrogens is 1. The molecular formula is C16H18ClN2O2+. The molecule has 5 heteroatoms. The molecule has 3 rings (SSSR count). The molecule has 2 aliphatic carbocycles. The van der Waals surface area contributed by atoms with Crippen molar-refractivity contribution in [2.24, 2.45) is 0 Å². The van der Waals surface area contributed by atoms with Crippen LogP contribution in [0.3, 0.4) is 0 Å². The molecule has 0 radical (unpaired) electrons. The van der Waals surface area contributed by atoms with Crippen LogP contribution in [0.5, 0.6) is 0 Å².